The second-order valence-corrected chi connectivity index (χ2v) is 5.42. The van der Waals surface area contributed by atoms with Gasteiger partial charge in [-0.05, 0) is 39.8 Å². The second-order valence-electron chi connectivity index (χ2n) is 5.42. The molecule has 1 aromatic heterocycles. The summed E-state index contributed by atoms with van der Waals surface area (Å²) in [4.78, 5) is 27.5. The van der Waals surface area contributed by atoms with Crippen molar-refractivity contribution < 1.29 is 18.7 Å². The van der Waals surface area contributed by atoms with Crippen LogP contribution in [-0.4, -0.2) is 33.5 Å². The molecule has 2 heterocycles. The molecule has 1 aromatic carbocycles. The third kappa shape index (κ3) is 2.51. The van der Waals surface area contributed by atoms with Gasteiger partial charge in [-0.1, -0.05) is 13.8 Å². The molecular weight excluding hydrogens is 321 g/mol. The molecule has 0 fully saturated rings. The fourth-order valence-corrected chi connectivity index (χ4v) is 2.41. The van der Waals surface area contributed by atoms with Crippen molar-refractivity contribution >= 4 is 23.2 Å². The quantitative estimate of drug-likeness (QED) is 0.624. The normalized spacial score (nSPS) is 14.4. The SMILES string of the molecule is CC(C)c1cc(N2C(=O)CN=C2c2nonc2[N+](=O)[O-])ccc1F. The highest BCUT2D eigenvalue weighted by molar-refractivity contribution is 6.27. The first-order valence-electron chi connectivity index (χ1n) is 7.04. The van der Waals surface area contributed by atoms with Gasteiger partial charge in [-0.15, -0.1) is 4.63 Å². The Morgan fingerprint density at radius 1 is 1.38 bits per heavy atom. The number of anilines is 1. The number of benzene rings is 1. The van der Waals surface area contributed by atoms with Crippen molar-refractivity contribution in [2.45, 2.75) is 19.8 Å². The number of carbonyl (C=O) groups excluding carboxylic acids is 1. The predicted molar refractivity (Wildman–Crippen MR) is 80.3 cm³/mol. The minimum absolute atomic E-state index is 0.0470. The van der Waals surface area contributed by atoms with Gasteiger partial charge in [0, 0.05) is 0 Å². The Morgan fingerprint density at radius 3 is 2.79 bits per heavy atom. The molecule has 1 amide bonds. The molecule has 0 unspecified atom stereocenters. The standard InChI is InChI=1S/C14H12FN5O4/c1-7(2)9-5-8(3-4-10(9)15)19-11(21)6-16-13(19)12-14(20(22)23)18-24-17-12/h3-5,7H,6H2,1-2H3. The van der Waals surface area contributed by atoms with E-state index in [1.165, 1.54) is 18.2 Å². The average Bonchev–Trinajstić information content (AvgIpc) is 3.14. The van der Waals surface area contributed by atoms with Gasteiger partial charge in [-0.3, -0.25) is 14.7 Å². The van der Waals surface area contributed by atoms with Gasteiger partial charge in [0.2, 0.25) is 0 Å². The minimum Gasteiger partial charge on any atom is -0.358 e. The van der Waals surface area contributed by atoms with E-state index >= 15 is 0 Å². The summed E-state index contributed by atoms with van der Waals surface area (Å²) >= 11 is 0. The zero-order valence-electron chi connectivity index (χ0n) is 12.8. The van der Waals surface area contributed by atoms with E-state index in [2.05, 4.69) is 19.9 Å². The predicted octanol–water partition coefficient (Wildman–Crippen LogP) is 2.03. The van der Waals surface area contributed by atoms with Crippen LogP contribution in [0, 0.1) is 15.9 Å². The van der Waals surface area contributed by atoms with Gasteiger partial charge in [-0.2, -0.15) is 0 Å². The van der Waals surface area contributed by atoms with E-state index in [1.54, 1.807) is 0 Å². The molecule has 0 aliphatic carbocycles. The molecule has 0 atom stereocenters. The lowest BCUT2D eigenvalue weighted by Crippen LogP contribution is -2.33. The Kier molecular flexibility index (Phi) is 3.80. The lowest BCUT2D eigenvalue weighted by Gasteiger charge is -2.19. The number of aromatic nitrogens is 2. The molecule has 2 aromatic rings. The maximum Gasteiger partial charge on any atom is 0.445 e. The van der Waals surface area contributed by atoms with Crippen LogP contribution in [0.4, 0.5) is 15.9 Å². The number of carbonyl (C=O) groups is 1. The number of rotatable bonds is 4. The lowest BCUT2D eigenvalue weighted by molar-refractivity contribution is -0.391. The lowest BCUT2D eigenvalue weighted by atomic mass is 10.0. The molecule has 124 valence electrons. The Morgan fingerprint density at radius 2 is 2.12 bits per heavy atom. The first kappa shape index (κ1) is 15.7. The van der Waals surface area contributed by atoms with Crippen LogP contribution in [-0.2, 0) is 4.79 Å². The highest BCUT2D eigenvalue weighted by Gasteiger charge is 2.37. The van der Waals surface area contributed by atoms with Crippen molar-refractivity contribution in [2.24, 2.45) is 4.99 Å². The van der Waals surface area contributed by atoms with Gasteiger partial charge < -0.3 is 10.1 Å². The molecule has 0 N–H and O–H groups in total. The van der Waals surface area contributed by atoms with Crippen molar-refractivity contribution in [3.05, 3.63) is 45.4 Å². The van der Waals surface area contributed by atoms with Crippen LogP contribution in [0.3, 0.4) is 0 Å². The highest BCUT2D eigenvalue weighted by atomic mass is 19.1. The number of amidine groups is 1. The van der Waals surface area contributed by atoms with E-state index in [-0.39, 0.29) is 24.0 Å². The summed E-state index contributed by atoms with van der Waals surface area (Å²) in [5.41, 5.74) is 0.513. The summed E-state index contributed by atoms with van der Waals surface area (Å²) in [6.45, 7) is 3.43. The van der Waals surface area contributed by atoms with E-state index in [9.17, 15) is 19.3 Å². The maximum atomic E-state index is 13.9. The van der Waals surface area contributed by atoms with Gasteiger partial charge in [-0.25, -0.2) is 4.39 Å². The van der Waals surface area contributed by atoms with Crippen LogP contribution in [0.25, 0.3) is 0 Å². The van der Waals surface area contributed by atoms with E-state index in [1.807, 2.05) is 13.8 Å². The van der Waals surface area contributed by atoms with E-state index < -0.39 is 22.5 Å². The minimum atomic E-state index is -0.778. The van der Waals surface area contributed by atoms with Gasteiger partial charge in [0.05, 0.1) is 5.69 Å². The Bertz CT molecular complexity index is 861. The third-order valence-electron chi connectivity index (χ3n) is 3.54. The summed E-state index contributed by atoms with van der Waals surface area (Å²) in [5.74, 6) is -1.60. The average molecular weight is 333 g/mol. The molecule has 1 aliphatic rings. The zero-order chi connectivity index (χ0) is 17.4. The molecular formula is C14H12FN5O4. The summed E-state index contributed by atoms with van der Waals surface area (Å²) in [5, 5.41) is 17.7. The topological polar surface area (TPSA) is 115 Å². The van der Waals surface area contributed by atoms with Crippen molar-refractivity contribution in [1.29, 1.82) is 0 Å². The Balaban J connectivity index is 2.08. The van der Waals surface area contributed by atoms with E-state index in [0.717, 1.165) is 4.90 Å². The maximum absolute atomic E-state index is 13.9. The molecule has 0 radical (unpaired) electrons. The van der Waals surface area contributed by atoms with Crippen molar-refractivity contribution in [3.63, 3.8) is 0 Å². The monoisotopic (exact) mass is 333 g/mol. The number of hydrogen-bond acceptors (Lipinski definition) is 7. The van der Waals surface area contributed by atoms with Crippen LogP contribution in [0.1, 0.15) is 31.0 Å². The molecule has 0 bridgehead atoms. The largest absolute Gasteiger partial charge is 0.445 e. The summed E-state index contributed by atoms with van der Waals surface area (Å²) in [7, 11) is 0. The number of aliphatic imine (C=N–C) groups is 1. The molecule has 0 spiro atoms. The summed E-state index contributed by atoms with van der Waals surface area (Å²) < 4.78 is 18.3. The molecule has 0 saturated heterocycles. The molecule has 9 nitrogen and oxygen atoms in total. The first-order valence-corrected chi connectivity index (χ1v) is 7.04. The molecule has 0 saturated carbocycles. The number of hydrogen-bond donors (Lipinski definition) is 0. The summed E-state index contributed by atoms with van der Waals surface area (Å²) in [6.07, 6.45) is 0. The first-order chi connectivity index (χ1) is 11.4. The molecule has 3 rings (SSSR count). The Hall–Kier alpha value is -3.17. The van der Waals surface area contributed by atoms with Gasteiger partial charge in [0.25, 0.3) is 11.6 Å². The van der Waals surface area contributed by atoms with E-state index in [0.29, 0.717) is 11.3 Å². The van der Waals surface area contributed by atoms with Crippen molar-refractivity contribution in [2.75, 3.05) is 11.4 Å². The van der Waals surface area contributed by atoms with E-state index in [4.69, 9.17) is 0 Å². The highest BCUT2D eigenvalue weighted by Crippen LogP contribution is 2.29. The van der Waals surface area contributed by atoms with Crippen LogP contribution in [0.15, 0.2) is 27.8 Å². The van der Waals surface area contributed by atoms with Crippen LogP contribution >= 0.6 is 0 Å². The molecule has 1 aliphatic heterocycles. The Labute approximate surface area is 134 Å². The number of nitrogens with zero attached hydrogens (tertiary/aromatic N) is 5. The number of halogens is 1. The van der Waals surface area contributed by atoms with Gasteiger partial charge in [0.15, 0.2) is 11.0 Å². The van der Waals surface area contributed by atoms with Crippen LogP contribution < -0.4 is 4.90 Å². The fourth-order valence-electron chi connectivity index (χ4n) is 2.41. The second kappa shape index (κ2) is 5.80. The fraction of sp³-hybridized carbons (Fsp3) is 0.286. The summed E-state index contributed by atoms with van der Waals surface area (Å²) in [6, 6.07) is 4.15. The van der Waals surface area contributed by atoms with Crippen molar-refractivity contribution in [1.82, 2.24) is 10.3 Å². The zero-order valence-corrected chi connectivity index (χ0v) is 12.8. The van der Waals surface area contributed by atoms with Gasteiger partial charge in [0.1, 0.15) is 12.4 Å². The van der Waals surface area contributed by atoms with Crippen molar-refractivity contribution in [3.8, 4) is 0 Å². The molecule has 24 heavy (non-hydrogen) atoms. The van der Waals surface area contributed by atoms with Gasteiger partial charge >= 0.3 is 5.82 Å². The van der Waals surface area contributed by atoms with Crippen LogP contribution in [0.5, 0.6) is 0 Å². The third-order valence-corrected chi connectivity index (χ3v) is 3.54. The number of amides is 1. The molecule has 10 heteroatoms. The smallest absolute Gasteiger partial charge is 0.358 e. The number of nitro groups is 1. The van der Waals surface area contributed by atoms with Crippen LogP contribution in [0.2, 0.25) is 0 Å².